The van der Waals surface area contributed by atoms with Crippen molar-refractivity contribution in [3.8, 4) is 0 Å². The maximum absolute atomic E-state index is 11.4. The highest BCUT2D eigenvalue weighted by Gasteiger charge is 2.17. The van der Waals surface area contributed by atoms with E-state index in [9.17, 15) is 13.0 Å². The minimum Gasteiger partial charge on any atom is -0.308 e. The molecule has 0 saturated heterocycles. The van der Waals surface area contributed by atoms with Gasteiger partial charge in [0.05, 0.1) is 0 Å². The van der Waals surface area contributed by atoms with Crippen LogP contribution in [0.3, 0.4) is 0 Å². The van der Waals surface area contributed by atoms with Crippen molar-refractivity contribution in [1.82, 2.24) is 15.1 Å². The zero-order valence-electron chi connectivity index (χ0n) is 15.5. The lowest BCUT2D eigenvalue weighted by Crippen LogP contribution is -2.17. The van der Waals surface area contributed by atoms with E-state index in [0.29, 0.717) is 5.52 Å². The Labute approximate surface area is 155 Å². The Balaban J connectivity index is 1.68. The van der Waals surface area contributed by atoms with E-state index in [4.69, 9.17) is 0 Å². The first-order valence-corrected chi connectivity index (χ1v) is 11.0. The number of nitrogens with zero attached hydrogens (tertiary/aromatic N) is 3. The summed E-state index contributed by atoms with van der Waals surface area (Å²) in [5.41, 5.74) is 3.84. The van der Waals surface area contributed by atoms with Crippen LogP contribution in [0.2, 0.25) is 0 Å². The third-order valence-corrected chi connectivity index (χ3v) is 5.40. The second kappa shape index (κ2) is 10.5. The first-order valence-electron chi connectivity index (χ1n) is 9.60. The number of rotatable bonds is 13. The van der Waals surface area contributed by atoms with Crippen molar-refractivity contribution in [2.75, 3.05) is 12.0 Å². The molecular formula is C18H30N4O3S. The number of hydrogen-bond acceptors (Lipinski definition) is 5. The lowest BCUT2D eigenvalue weighted by molar-refractivity contribution is 0.484. The van der Waals surface area contributed by atoms with E-state index < -0.39 is 10.1 Å². The highest BCUT2D eigenvalue weighted by atomic mass is 32.2. The molecule has 0 aliphatic rings. The largest absolute Gasteiger partial charge is 0.308 e. The summed E-state index contributed by atoms with van der Waals surface area (Å²) in [4.78, 5) is 1.25. The van der Waals surface area contributed by atoms with Crippen LogP contribution in [0.1, 0.15) is 71.1 Å². The Bertz CT molecular complexity index is 774. The van der Waals surface area contributed by atoms with Gasteiger partial charge in [0.15, 0.2) is 0 Å². The van der Waals surface area contributed by atoms with Crippen molar-refractivity contribution in [3.63, 3.8) is 0 Å². The number of unbranched alkanes of at least 4 members (excludes halogenated alkanes) is 9. The van der Waals surface area contributed by atoms with Crippen LogP contribution in [0.4, 0.5) is 0 Å². The van der Waals surface area contributed by atoms with Crippen molar-refractivity contribution >= 4 is 21.2 Å². The molecule has 0 fully saturated rings. The Morgan fingerprint density at radius 3 is 2.23 bits per heavy atom. The molecule has 0 aliphatic carbocycles. The van der Waals surface area contributed by atoms with Gasteiger partial charge in [-0.15, -0.1) is 5.10 Å². The third kappa shape index (κ3) is 6.25. The smallest absolute Gasteiger partial charge is 0.296 e. The number of nitrogens with one attached hydrogen (secondary N) is 1. The minimum absolute atomic E-state index is 0.172. The zero-order chi connectivity index (χ0) is 18.8. The Morgan fingerprint density at radius 2 is 1.62 bits per heavy atom. The van der Waals surface area contributed by atoms with Crippen LogP contribution in [-0.2, 0) is 10.1 Å². The standard InChI is InChI=1S/C18H30N4O3S/c1-2-3-4-5-6-7-8-9-10-11-15-19-22-16-13-12-14-17(26(23,24)25)18(16)20-21-22/h12-14,19H,2-11,15H2,1H3,(H,23,24,25). The SMILES string of the molecule is CCCCCCCCCCCCNn1nnc2c(S(=O)(=O)O)cccc21. The molecule has 1 aromatic carbocycles. The van der Waals surface area contributed by atoms with Crippen LogP contribution in [0.25, 0.3) is 11.0 Å². The summed E-state index contributed by atoms with van der Waals surface area (Å²) >= 11 is 0. The van der Waals surface area contributed by atoms with Gasteiger partial charge in [0, 0.05) is 6.54 Å². The topological polar surface area (TPSA) is 97.1 Å². The van der Waals surface area contributed by atoms with E-state index >= 15 is 0 Å². The number of aromatic nitrogens is 3. The van der Waals surface area contributed by atoms with Gasteiger partial charge in [-0.05, 0) is 23.8 Å². The molecule has 1 heterocycles. The van der Waals surface area contributed by atoms with Crippen molar-refractivity contribution in [2.45, 2.75) is 76.0 Å². The van der Waals surface area contributed by atoms with E-state index in [1.807, 2.05) is 0 Å². The molecule has 26 heavy (non-hydrogen) atoms. The number of fused-ring (bicyclic) bond motifs is 1. The fourth-order valence-corrected chi connectivity index (χ4v) is 3.68. The first-order chi connectivity index (χ1) is 12.5. The average molecular weight is 383 g/mol. The summed E-state index contributed by atoms with van der Waals surface area (Å²) in [7, 11) is -4.31. The maximum Gasteiger partial charge on any atom is 0.296 e. The molecule has 1 aromatic heterocycles. The van der Waals surface area contributed by atoms with E-state index in [1.165, 1.54) is 62.2 Å². The molecule has 0 unspecified atom stereocenters. The lowest BCUT2D eigenvalue weighted by Gasteiger charge is -2.07. The minimum atomic E-state index is -4.31. The van der Waals surface area contributed by atoms with Gasteiger partial charge in [-0.1, -0.05) is 70.8 Å². The van der Waals surface area contributed by atoms with Gasteiger partial charge in [0.2, 0.25) is 0 Å². The van der Waals surface area contributed by atoms with E-state index in [0.717, 1.165) is 19.4 Å². The molecule has 7 nitrogen and oxygen atoms in total. The van der Waals surface area contributed by atoms with Gasteiger partial charge >= 0.3 is 0 Å². The molecule has 0 atom stereocenters. The van der Waals surface area contributed by atoms with Gasteiger partial charge in [-0.25, -0.2) is 0 Å². The van der Waals surface area contributed by atoms with Crippen LogP contribution < -0.4 is 5.43 Å². The van der Waals surface area contributed by atoms with Crippen molar-refractivity contribution in [1.29, 1.82) is 0 Å². The van der Waals surface area contributed by atoms with Crippen molar-refractivity contribution in [2.24, 2.45) is 0 Å². The van der Waals surface area contributed by atoms with Gasteiger partial charge in [0.25, 0.3) is 10.1 Å². The fourth-order valence-electron chi connectivity index (χ4n) is 3.04. The zero-order valence-corrected chi connectivity index (χ0v) is 16.3. The van der Waals surface area contributed by atoms with E-state index in [2.05, 4.69) is 22.7 Å². The molecule has 0 radical (unpaired) electrons. The quantitative estimate of drug-likeness (QED) is 0.399. The second-order valence-corrected chi connectivity index (χ2v) is 8.08. The molecule has 0 aliphatic heterocycles. The summed E-state index contributed by atoms with van der Waals surface area (Å²) in [5.74, 6) is 0. The summed E-state index contributed by atoms with van der Waals surface area (Å²) < 4.78 is 32.0. The second-order valence-electron chi connectivity index (χ2n) is 6.69. The molecule has 2 N–H and O–H groups in total. The van der Waals surface area contributed by atoms with Gasteiger partial charge in [-0.2, -0.15) is 13.2 Å². The molecule has 0 saturated carbocycles. The predicted octanol–water partition coefficient (Wildman–Crippen LogP) is 4.14. The summed E-state index contributed by atoms with van der Waals surface area (Å²) in [6, 6.07) is 4.60. The lowest BCUT2D eigenvalue weighted by atomic mass is 10.1. The summed E-state index contributed by atoms with van der Waals surface area (Å²) in [6.07, 6.45) is 12.8. The Morgan fingerprint density at radius 1 is 1.00 bits per heavy atom. The molecule has 8 heteroatoms. The number of benzene rings is 1. The number of hydrogen-bond donors (Lipinski definition) is 2. The van der Waals surface area contributed by atoms with Crippen molar-refractivity contribution < 1.29 is 13.0 Å². The molecule has 0 amide bonds. The van der Waals surface area contributed by atoms with Gasteiger partial charge in [0.1, 0.15) is 15.9 Å². The van der Waals surface area contributed by atoms with E-state index in [-0.39, 0.29) is 10.4 Å². The van der Waals surface area contributed by atoms with Crippen LogP contribution in [-0.4, -0.2) is 34.6 Å². The van der Waals surface area contributed by atoms with Gasteiger partial charge in [-0.3, -0.25) is 4.55 Å². The van der Waals surface area contributed by atoms with E-state index in [1.54, 1.807) is 12.1 Å². The predicted molar refractivity (Wildman–Crippen MR) is 103 cm³/mol. The molecule has 2 aromatic rings. The fraction of sp³-hybridized carbons (Fsp3) is 0.667. The average Bonchev–Trinajstić information content (AvgIpc) is 3.02. The molecule has 2 rings (SSSR count). The third-order valence-electron chi connectivity index (χ3n) is 4.51. The monoisotopic (exact) mass is 382 g/mol. The van der Waals surface area contributed by atoms with Crippen LogP contribution in [0, 0.1) is 0 Å². The molecule has 146 valence electrons. The van der Waals surface area contributed by atoms with Crippen molar-refractivity contribution in [3.05, 3.63) is 18.2 Å². The normalized spacial score (nSPS) is 11.9. The molecular weight excluding hydrogens is 352 g/mol. The Hall–Kier alpha value is -1.67. The maximum atomic E-state index is 11.4. The first kappa shape index (κ1) is 20.6. The molecule has 0 bridgehead atoms. The summed E-state index contributed by atoms with van der Waals surface area (Å²) in [6.45, 7) is 2.98. The highest BCUT2D eigenvalue weighted by molar-refractivity contribution is 7.86. The van der Waals surface area contributed by atoms with Crippen LogP contribution in [0.15, 0.2) is 23.1 Å². The van der Waals surface area contributed by atoms with Crippen LogP contribution in [0.5, 0.6) is 0 Å². The highest BCUT2D eigenvalue weighted by Crippen LogP contribution is 2.19. The van der Waals surface area contributed by atoms with Crippen LogP contribution >= 0.6 is 0 Å². The summed E-state index contributed by atoms with van der Waals surface area (Å²) in [5, 5.41) is 7.80. The Kier molecular flexibility index (Phi) is 8.31. The molecule has 0 spiro atoms. The van der Waals surface area contributed by atoms with Gasteiger partial charge < -0.3 is 5.43 Å².